The second-order valence-corrected chi connectivity index (χ2v) is 8.54. The van der Waals surface area contributed by atoms with E-state index in [0.717, 1.165) is 27.3 Å². The van der Waals surface area contributed by atoms with Gasteiger partial charge in [-0.25, -0.2) is 0 Å². The summed E-state index contributed by atoms with van der Waals surface area (Å²) in [6.07, 6.45) is 2.38. The molecule has 2 aliphatic rings. The van der Waals surface area contributed by atoms with Gasteiger partial charge in [-0.05, 0) is 66.2 Å². The van der Waals surface area contributed by atoms with Crippen molar-refractivity contribution in [3.05, 3.63) is 64.1 Å². The Hall–Kier alpha value is -2.91. The van der Waals surface area contributed by atoms with Gasteiger partial charge in [-0.2, -0.15) is 15.1 Å². The molecule has 4 rings (SSSR count). The molecule has 0 atom stereocenters. The topological polar surface area (TPSA) is 87.3 Å². The molecule has 7 nitrogen and oxygen atoms in total. The summed E-state index contributed by atoms with van der Waals surface area (Å²) in [6.45, 7) is 2.80. The highest BCUT2D eigenvalue weighted by Crippen LogP contribution is 2.29. The van der Waals surface area contributed by atoms with E-state index in [1.807, 2.05) is 55.5 Å². The summed E-state index contributed by atoms with van der Waals surface area (Å²) in [5, 5.41) is 15.4. The van der Waals surface area contributed by atoms with Gasteiger partial charge in [-0.1, -0.05) is 35.0 Å². The van der Waals surface area contributed by atoms with Crippen LogP contribution in [0.1, 0.15) is 18.9 Å². The van der Waals surface area contributed by atoms with Gasteiger partial charge in [0.1, 0.15) is 29.8 Å². The van der Waals surface area contributed by atoms with E-state index < -0.39 is 5.91 Å². The van der Waals surface area contributed by atoms with Crippen LogP contribution in [0.3, 0.4) is 0 Å². The van der Waals surface area contributed by atoms with Gasteiger partial charge >= 0.3 is 0 Å². The number of nitrogens with zero attached hydrogens (tertiary/aromatic N) is 3. The number of halogens is 1. The highest BCUT2D eigenvalue weighted by Gasteiger charge is 2.34. The third-order valence-corrected chi connectivity index (χ3v) is 6.01. The standard InChI is InChI=1S/C22H19BrN4O3S/c1-2-19-26-27-20(24)18(21(28)25-22(27)31-19)13-14-3-7-16(8-4-14)29-11-12-30-17-9-5-15(23)6-10-17/h3-10,13,24H,2,11-12H2,1H3/b18-13+,24-20?. The zero-order valence-electron chi connectivity index (χ0n) is 16.7. The lowest BCUT2D eigenvalue weighted by Gasteiger charge is -2.20. The Bertz CT molecular complexity index is 1090. The number of hydrogen-bond donors (Lipinski definition) is 1. The number of rotatable bonds is 7. The fraction of sp³-hybridized carbons (Fsp3) is 0.182. The highest BCUT2D eigenvalue weighted by atomic mass is 79.9. The van der Waals surface area contributed by atoms with Crippen molar-refractivity contribution in [2.24, 2.45) is 10.1 Å². The number of thioether (sulfide) groups is 1. The van der Waals surface area contributed by atoms with Crippen LogP contribution in [0.2, 0.25) is 0 Å². The van der Waals surface area contributed by atoms with E-state index in [1.165, 1.54) is 16.8 Å². The maximum atomic E-state index is 12.4. The van der Waals surface area contributed by atoms with Gasteiger partial charge in [-0.15, -0.1) is 0 Å². The molecule has 0 bridgehead atoms. The lowest BCUT2D eigenvalue weighted by Crippen LogP contribution is -2.35. The molecule has 2 aliphatic heterocycles. The van der Waals surface area contributed by atoms with Gasteiger partial charge in [-0.3, -0.25) is 10.2 Å². The van der Waals surface area contributed by atoms with Crippen LogP contribution in [0.4, 0.5) is 0 Å². The third kappa shape index (κ3) is 5.05. The van der Waals surface area contributed by atoms with Crippen LogP contribution < -0.4 is 9.47 Å². The molecule has 0 spiro atoms. The van der Waals surface area contributed by atoms with E-state index in [2.05, 4.69) is 26.0 Å². The fourth-order valence-electron chi connectivity index (χ4n) is 2.85. The van der Waals surface area contributed by atoms with E-state index in [1.54, 1.807) is 6.08 Å². The van der Waals surface area contributed by atoms with Crippen molar-refractivity contribution in [2.45, 2.75) is 13.3 Å². The van der Waals surface area contributed by atoms with Crippen LogP contribution in [0, 0.1) is 5.41 Å². The largest absolute Gasteiger partial charge is 0.490 e. The molecule has 0 saturated heterocycles. The van der Waals surface area contributed by atoms with Crippen molar-refractivity contribution in [1.29, 1.82) is 5.41 Å². The number of aliphatic imine (C=N–C) groups is 1. The van der Waals surface area contributed by atoms with Crippen LogP contribution in [0.5, 0.6) is 11.5 Å². The number of benzene rings is 2. The Morgan fingerprint density at radius 3 is 2.29 bits per heavy atom. The number of amides is 1. The molecule has 2 aromatic carbocycles. The lowest BCUT2D eigenvalue weighted by atomic mass is 10.1. The van der Waals surface area contributed by atoms with Crippen LogP contribution >= 0.6 is 27.7 Å². The molecule has 0 radical (unpaired) electrons. The van der Waals surface area contributed by atoms with Crippen LogP contribution in [-0.2, 0) is 4.79 Å². The van der Waals surface area contributed by atoms with Crippen molar-refractivity contribution in [1.82, 2.24) is 5.01 Å². The quantitative estimate of drug-likeness (QED) is 0.431. The SMILES string of the molecule is CCC1=NN2C(=N)/C(=C\c3ccc(OCCOc4ccc(Br)cc4)cc3)C(=O)N=C2S1. The van der Waals surface area contributed by atoms with Gasteiger partial charge in [0.05, 0.1) is 5.57 Å². The molecule has 1 amide bonds. The second-order valence-electron chi connectivity index (χ2n) is 6.59. The molecule has 0 aliphatic carbocycles. The number of fused-ring (bicyclic) bond motifs is 1. The van der Waals surface area contributed by atoms with Gasteiger partial charge < -0.3 is 9.47 Å². The zero-order chi connectivity index (χ0) is 21.8. The summed E-state index contributed by atoms with van der Waals surface area (Å²) < 4.78 is 12.3. The van der Waals surface area contributed by atoms with E-state index >= 15 is 0 Å². The molecule has 31 heavy (non-hydrogen) atoms. The highest BCUT2D eigenvalue weighted by molar-refractivity contribution is 9.10. The predicted molar refractivity (Wildman–Crippen MR) is 127 cm³/mol. The predicted octanol–water partition coefficient (Wildman–Crippen LogP) is 4.94. The molecule has 158 valence electrons. The number of amidine groups is 2. The molecule has 2 aromatic rings. The Kier molecular flexibility index (Phi) is 6.53. The zero-order valence-corrected chi connectivity index (χ0v) is 19.1. The number of hydrogen-bond acceptors (Lipinski definition) is 6. The molecule has 0 aromatic heterocycles. The minimum Gasteiger partial charge on any atom is -0.490 e. The van der Waals surface area contributed by atoms with Gasteiger partial charge in [0, 0.05) is 4.47 Å². The van der Waals surface area contributed by atoms with Crippen molar-refractivity contribution in [3.63, 3.8) is 0 Å². The summed E-state index contributed by atoms with van der Waals surface area (Å²) in [4.78, 5) is 16.5. The first-order valence-electron chi connectivity index (χ1n) is 9.64. The first-order valence-corrected chi connectivity index (χ1v) is 11.2. The Morgan fingerprint density at radius 1 is 1.06 bits per heavy atom. The fourth-order valence-corrected chi connectivity index (χ4v) is 3.94. The van der Waals surface area contributed by atoms with E-state index in [0.29, 0.717) is 24.1 Å². The molecule has 2 heterocycles. The summed E-state index contributed by atoms with van der Waals surface area (Å²) in [7, 11) is 0. The number of carbonyl (C=O) groups is 1. The van der Waals surface area contributed by atoms with E-state index in [-0.39, 0.29) is 11.4 Å². The average Bonchev–Trinajstić information content (AvgIpc) is 3.20. The first kappa shape index (κ1) is 21.3. The van der Waals surface area contributed by atoms with Crippen molar-refractivity contribution in [2.75, 3.05) is 13.2 Å². The molecular weight excluding hydrogens is 480 g/mol. The molecule has 0 fully saturated rings. The maximum Gasteiger partial charge on any atom is 0.283 e. The second kappa shape index (κ2) is 9.49. The van der Waals surface area contributed by atoms with E-state index in [9.17, 15) is 4.79 Å². The maximum absolute atomic E-state index is 12.4. The first-order chi connectivity index (χ1) is 15.0. The van der Waals surface area contributed by atoms with Gasteiger partial charge in [0.2, 0.25) is 5.17 Å². The Balaban J connectivity index is 1.35. The Morgan fingerprint density at radius 2 is 1.68 bits per heavy atom. The molecule has 1 N–H and O–H groups in total. The minimum absolute atomic E-state index is 0.0383. The normalized spacial score (nSPS) is 16.8. The van der Waals surface area contributed by atoms with Crippen molar-refractivity contribution in [3.8, 4) is 11.5 Å². The summed E-state index contributed by atoms with van der Waals surface area (Å²) >= 11 is 4.72. The Labute approximate surface area is 192 Å². The van der Waals surface area contributed by atoms with Crippen molar-refractivity contribution >= 4 is 55.7 Å². The molecular formula is C22H19BrN4O3S. The third-order valence-electron chi connectivity index (χ3n) is 4.42. The summed E-state index contributed by atoms with van der Waals surface area (Å²) in [5.74, 6) is 1.09. The molecule has 9 heteroatoms. The molecule has 0 saturated carbocycles. The van der Waals surface area contributed by atoms with Crippen LogP contribution in [-0.4, -0.2) is 40.2 Å². The van der Waals surface area contributed by atoms with Gasteiger partial charge in [0.15, 0.2) is 5.84 Å². The lowest BCUT2D eigenvalue weighted by molar-refractivity contribution is -0.114. The number of ether oxygens (including phenoxy) is 2. The monoisotopic (exact) mass is 498 g/mol. The van der Waals surface area contributed by atoms with Crippen LogP contribution in [0.25, 0.3) is 6.08 Å². The minimum atomic E-state index is -0.429. The van der Waals surface area contributed by atoms with Crippen LogP contribution in [0.15, 0.2) is 68.7 Å². The summed E-state index contributed by atoms with van der Waals surface area (Å²) in [5.41, 5.74) is 0.985. The van der Waals surface area contributed by atoms with Gasteiger partial charge in [0.25, 0.3) is 5.91 Å². The van der Waals surface area contributed by atoms with E-state index in [4.69, 9.17) is 14.9 Å². The van der Waals surface area contributed by atoms with Crippen molar-refractivity contribution < 1.29 is 14.3 Å². The number of carbonyl (C=O) groups excluding carboxylic acids is 1. The summed E-state index contributed by atoms with van der Waals surface area (Å²) in [6, 6.07) is 14.9. The molecule has 0 unspecified atom stereocenters. The smallest absolute Gasteiger partial charge is 0.283 e. The number of nitrogens with one attached hydrogen (secondary N) is 1. The number of hydrazone groups is 1. The average molecular weight is 499 g/mol.